The van der Waals surface area contributed by atoms with Crippen molar-refractivity contribution >= 4 is 33.3 Å². The van der Waals surface area contributed by atoms with Gasteiger partial charge in [0.1, 0.15) is 11.5 Å². The number of sulfonamides is 1. The third kappa shape index (κ3) is 2.72. The summed E-state index contributed by atoms with van der Waals surface area (Å²) in [5.41, 5.74) is 1.31. The molecule has 4 N–H and O–H groups in total. The van der Waals surface area contributed by atoms with Gasteiger partial charge in [0.05, 0.1) is 4.90 Å². The number of carbonyl (C=O) groups excluding carboxylic acids is 1. The van der Waals surface area contributed by atoms with Gasteiger partial charge in [0.2, 0.25) is 10.0 Å². The van der Waals surface area contributed by atoms with Crippen LogP contribution >= 0.6 is 0 Å². The van der Waals surface area contributed by atoms with Gasteiger partial charge in [-0.3, -0.25) is 4.79 Å². The monoisotopic (exact) mass is 346 g/mol. The molecule has 0 unspecified atom stereocenters. The molecule has 2 aromatic carbocycles. The van der Waals surface area contributed by atoms with E-state index in [1.54, 1.807) is 0 Å². The summed E-state index contributed by atoms with van der Waals surface area (Å²) in [5, 5.41) is 22.0. The summed E-state index contributed by atoms with van der Waals surface area (Å²) in [6, 6.07) is 8.20. The van der Waals surface area contributed by atoms with E-state index >= 15 is 0 Å². The molecule has 1 amide bonds. The zero-order valence-electron chi connectivity index (χ0n) is 12.6. The predicted molar refractivity (Wildman–Crippen MR) is 89.0 cm³/mol. The largest absolute Gasteiger partial charge is 0.508 e. The SMILES string of the molecule is CNS(=O)(=O)c1ccc2c(c1)C(=Cc1cc(O)ccc1O)C(=O)N2. The van der Waals surface area contributed by atoms with E-state index in [1.165, 1.54) is 49.5 Å². The molecule has 0 radical (unpaired) electrons. The van der Waals surface area contributed by atoms with Crippen LogP contribution in [0.4, 0.5) is 5.69 Å². The van der Waals surface area contributed by atoms with Crippen molar-refractivity contribution in [3.8, 4) is 11.5 Å². The Hall–Kier alpha value is -2.84. The van der Waals surface area contributed by atoms with Gasteiger partial charge in [-0.1, -0.05) is 0 Å². The molecule has 24 heavy (non-hydrogen) atoms. The maximum atomic E-state index is 12.2. The highest BCUT2D eigenvalue weighted by Crippen LogP contribution is 2.36. The van der Waals surface area contributed by atoms with Crippen molar-refractivity contribution in [3.63, 3.8) is 0 Å². The van der Waals surface area contributed by atoms with Crippen LogP contribution in [0.15, 0.2) is 41.3 Å². The van der Waals surface area contributed by atoms with E-state index in [4.69, 9.17) is 0 Å². The Morgan fingerprint density at radius 1 is 1.12 bits per heavy atom. The first-order chi connectivity index (χ1) is 11.3. The van der Waals surface area contributed by atoms with E-state index in [-0.39, 0.29) is 27.5 Å². The summed E-state index contributed by atoms with van der Waals surface area (Å²) in [6.07, 6.45) is 1.39. The Labute approximate surface area is 138 Å². The molecule has 0 spiro atoms. The van der Waals surface area contributed by atoms with Crippen LogP contribution in [0.25, 0.3) is 11.6 Å². The van der Waals surface area contributed by atoms with E-state index in [0.717, 1.165) is 0 Å². The minimum absolute atomic E-state index is 0.0197. The smallest absolute Gasteiger partial charge is 0.256 e. The zero-order chi connectivity index (χ0) is 17.5. The van der Waals surface area contributed by atoms with Crippen LogP contribution in [-0.2, 0) is 14.8 Å². The maximum Gasteiger partial charge on any atom is 0.256 e. The van der Waals surface area contributed by atoms with Crippen molar-refractivity contribution in [1.82, 2.24) is 4.72 Å². The molecule has 0 aliphatic carbocycles. The highest BCUT2D eigenvalue weighted by atomic mass is 32.2. The number of rotatable bonds is 3. The molecule has 0 saturated heterocycles. The van der Waals surface area contributed by atoms with Crippen LogP contribution in [0.1, 0.15) is 11.1 Å². The standard InChI is InChI=1S/C16H14N2O5S/c1-17-24(22,23)11-3-4-14-12(8-11)13(16(21)18-14)7-9-6-10(19)2-5-15(9)20/h2-8,17,19-20H,1H3,(H,18,21). The fourth-order valence-electron chi connectivity index (χ4n) is 2.41. The lowest BCUT2D eigenvalue weighted by Gasteiger charge is -2.05. The van der Waals surface area contributed by atoms with E-state index < -0.39 is 15.9 Å². The highest BCUT2D eigenvalue weighted by Gasteiger charge is 2.26. The van der Waals surface area contributed by atoms with Crippen LogP contribution in [0.3, 0.4) is 0 Å². The van der Waals surface area contributed by atoms with Crippen LogP contribution in [0, 0.1) is 0 Å². The number of amides is 1. The van der Waals surface area contributed by atoms with Gasteiger partial charge in [-0.25, -0.2) is 13.1 Å². The Morgan fingerprint density at radius 2 is 1.88 bits per heavy atom. The number of phenols is 2. The van der Waals surface area contributed by atoms with Gasteiger partial charge in [0, 0.05) is 22.4 Å². The molecule has 0 bridgehead atoms. The van der Waals surface area contributed by atoms with Crippen LogP contribution < -0.4 is 10.0 Å². The lowest BCUT2D eigenvalue weighted by Crippen LogP contribution is -2.18. The number of hydrogen-bond donors (Lipinski definition) is 4. The van der Waals surface area contributed by atoms with Crippen LogP contribution in [0.5, 0.6) is 11.5 Å². The van der Waals surface area contributed by atoms with Gasteiger partial charge >= 0.3 is 0 Å². The molecule has 7 nitrogen and oxygen atoms in total. The van der Waals surface area contributed by atoms with Crippen LogP contribution in [0.2, 0.25) is 0 Å². The average molecular weight is 346 g/mol. The van der Waals surface area contributed by atoms with Crippen molar-refractivity contribution in [2.75, 3.05) is 12.4 Å². The minimum Gasteiger partial charge on any atom is -0.508 e. The van der Waals surface area contributed by atoms with Crippen molar-refractivity contribution in [2.45, 2.75) is 4.90 Å². The molecule has 1 aliphatic rings. The lowest BCUT2D eigenvalue weighted by molar-refractivity contribution is -0.110. The van der Waals surface area contributed by atoms with Crippen LogP contribution in [-0.4, -0.2) is 31.6 Å². The van der Waals surface area contributed by atoms with E-state index in [2.05, 4.69) is 10.0 Å². The topological polar surface area (TPSA) is 116 Å². The van der Waals surface area contributed by atoms with E-state index in [1.807, 2.05) is 0 Å². The van der Waals surface area contributed by atoms with Gasteiger partial charge in [-0.2, -0.15) is 0 Å². The number of aromatic hydroxyl groups is 2. The molecule has 0 atom stereocenters. The summed E-state index contributed by atoms with van der Waals surface area (Å²) in [6.45, 7) is 0. The van der Waals surface area contributed by atoms with Gasteiger partial charge < -0.3 is 15.5 Å². The van der Waals surface area contributed by atoms with Gasteiger partial charge in [0.15, 0.2) is 0 Å². The lowest BCUT2D eigenvalue weighted by atomic mass is 10.0. The van der Waals surface area contributed by atoms with Gasteiger partial charge in [-0.05, 0) is 49.5 Å². The number of anilines is 1. The second-order valence-electron chi connectivity index (χ2n) is 5.17. The second kappa shape index (κ2) is 5.66. The summed E-state index contributed by atoms with van der Waals surface area (Å²) < 4.78 is 26.1. The number of hydrogen-bond acceptors (Lipinski definition) is 5. The number of phenolic OH excluding ortho intramolecular Hbond substituents is 2. The number of fused-ring (bicyclic) bond motifs is 1. The summed E-state index contributed by atoms with van der Waals surface area (Å²) in [7, 11) is -2.35. The van der Waals surface area contributed by atoms with Crippen molar-refractivity contribution in [3.05, 3.63) is 47.5 Å². The van der Waals surface area contributed by atoms with Gasteiger partial charge in [-0.15, -0.1) is 0 Å². The number of carbonyl (C=O) groups is 1. The first-order valence-corrected chi connectivity index (χ1v) is 8.43. The normalized spacial score (nSPS) is 15.4. The van der Waals surface area contributed by atoms with E-state index in [0.29, 0.717) is 11.3 Å². The predicted octanol–water partition coefficient (Wildman–Crippen LogP) is 1.50. The average Bonchev–Trinajstić information content (AvgIpc) is 2.86. The molecule has 1 aliphatic heterocycles. The minimum atomic E-state index is -3.65. The number of nitrogens with one attached hydrogen (secondary N) is 2. The Morgan fingerprint density at radius 3 is 2.58 bits per heavy atom. The molecule has 0 saturated carbocycles. The Bertz CT molecular complexity index is 980. The molecule has 124 valence electrons. The zero-order valence-corrected chi connectivity index (χ0v) is 13.4. The summed E-state index contributed by atoms with van der Waals surface area (Å²) >= 11 is 0. The molecular weight excluding hydrogens is 332 g/mol. The molecule has 0 fully saturated rings. The fraction of sp³-hybridized carbons (Fsp3) is 0.0625. The van der Waals surface area contributed by atoms with Crippen molar-refractivity contribution in [2.24, 2.45) is 0 Å². The maximum absolute atomic E-state index is 12.2. The quantitative estimate of drug-likeness (QED) is 0.496. The first-order valence-electron chi connectivity index (χ1n) is 6.95. The van der Waals surface area contributed by atoms with Crippen molar-refractivity contribution < 1.29 is 23.4 Å². The third-order valence-corrected chi connectivity index (χ3v) is 5.08. The van der Waals surface area contributed by atoms with E-state index in [9.17, 15) is 23.4 Å². The first kappa shape index (κ1) is 16.0. The third-order valence-electron chi connectivity index (χ3n) is 3.66. The molecule has 1 heterocycles. The number of benzene rings is 2. The Kier molecular flexibility index (Phi) is 3.78. The molecule has 0 aromatic heterocycles. The van der Waals surface area contributed by atoms with Crippen molar-refractivity contribution in [1.29, 1.82) is 0 Å². The van der Waals surface area contributed by atoms with Gasteiger partial charge in [0.25, 0.3) is 5.91 Å². The molecular formula is C16H14N2O5S. The highest BCUT2D eigenvalue weighted by molar-refractivity contribution is 7.89. The molecule has 8 heteroatoms. The second-order valence-corrected chi connectivity index (χ2v) is 7.06. The molecule has 3 rings (SSSR count). The molecule has 2 aromatic rings. The Balaban J connectivity index is 2.16. The fourth-order valence-corrected chi connectivity index (χ4v) is 3.16. The summed E-state index contributed by atoms with van der Waals surface area (Å²) in [5.74, 6) is -0.600. The summed E-state index contributed by atoms with van der Waals surface area (Å²) in [4.78, 5) is 12.2.